The highest BCUT2D eigenvalue weighted by atomic mass is 19.1. The van der Waals surface area contributed by atoms with E-state index in [1.54, 1.807) is 13.8 Å². The Morgan fingerprint density at radius 1 is 1.53 bits per heavy atom. The maximum atomic E-state index is 13.5. The van der Waals surface area contributed by atoms with Crippen LogP contribution in [0.4, 0.5) is 4.39 Å². The second-order valence-electron chi connectivity index (χ2n) is 4.14. The number of hydrogen-bond acceptors (Lipinski definition) is 4. The number of phenols is 1. The van der Waals surface area contributed by atoms with Crippen LogP contribution in [0.1, 0.15) is 35.0 Å². The molecule has 0 fully saturated rings. The van der Waals surface area contributed by atoms with E-state index >= 15 is 0 Å². The monoisotopic (exact) mass is 264 g/mol. The second kappa shape index (κ2) is 5.09. The number of nitrogens with zero attached hydrogens (tertiary/aromatic N) is 1. The topological polar surface area (TPSA) is 75.4 Å². The molecule has 0 aliphatic carbocycles. The summed E-state index contributed by atoms with van der Waals surface area (Å²) in [5.41, 5.74) is -0.391. The van der Waals surface area contributed by atoms with Gasteiger partial charge in [0.2, 0.25) is 5.89 Å². The summed E-state index contributed by atoms with van der Waals surface area (Å²) >= 11 is 0. The van der Waals surface area contributed by atoms with Gasteiger partial charge in [-0.15, -0.1) is 0 Å². The zero-order valence-corrected chi connectivity index (χ0v) is 10.5. The van der Waals surface area contributed by atoms with Crippen LogP contribution >= 0.6 is 0 Å². The van der Waals surface area contributed by atoms with E-state index in [-0.39, 0.29) is 0 Å². The standard InChI is InChI=1S/C13H13FN2O3/c1-7-6-15-13(19-7)8(2)16-12(18)11-9(14)4-3-5-10(11)17/h3-6,8,17H,1-2H3,(H,16,18). The third-order valence-electron chi connectivity index (χ3n) is 2.58. The Hall–Kier alpha value is -2.37. The normalized spacial score (nSPS) is 12.2. The first-order valence-electron chi connectivity index (χ1n) is 5.69. The molecule has 19 heavy (non-hydrogen) atoms. The van der Waals surface area contributed by atoms with Crippen LogP contribution in [0, 0.1) is 12.7 Å². The Kier molecular flexibility index (Phi) is 3.50. The van der Waals surface area contributed by atoms with Gasteiger partial charge in [0.25, 0.3) is 5.91 Å². The molecule has 0 bridgehead atoms. The zero-order chi connectivity index (χ0) is 14.0. The van der Waals surface area contributed by atoms with Crippen molar-refractivity contribution in [2.24, 2.45) is 0 Å². The molecular weight excluding hydrogens is 251 g/mol. The fourth-order valence-electron chi connectivity index (χ4n) is 1.64. The minimum absolute atomic E-state index is 0.321. The Morgan fingerprint density at radius 3 is 2.84 bits per heavy atom. The quantitative estimate of drug-likeness (QED) is 0.892. The van der Waals surface area contributed by atoms with Crippen molar-refractivity contribution < 1.29 is 18.7 Å². The van der Waals surface area contributed by atoms with E-state index in [1.165, 1.54) is 18.3 Å². The van der Waals surface area contributed by atoms with Crippen LogP contribution in [-0.4, -0.2) is 16.0 Å². The lowest BCUT2D eigenvalue weighted by Gasteiger charge is -2.11. The van der Waals surface area contributed by atoms with Crippen molar-refractivity contribution in [3.63, 3.8) is 0 Å². The van der Waals surface area contributed by atoms with Gasteiger partial charge in [-0.25, -0.2) is 9.37 Å². The summed E-state index contributed by atoms with van der Waals surface area (Å²) in [6.45, 7) is 3.38. The first kappa shape index (κ1) is 13.1. The Balaban J connectivity index is 2.17. The number of aromatic nitrogens is 1. The highest BCUT2D eigenvalue weighted by molar-refractivity contribution is 5.97. The van der Waals surface area contributed by atoms with Gasteiger partial charge < -0.3 is 14.8 Å². The van der Waals surface area contributed by atoms with Crippen molar-refractivity contribution in [3.8, 4) is 5.75 Å². The molecule has 1 unspecified atom stereocenters. The van der Waals surface area contributed by atoms with Crippen molar-refractivity contribution >= 4 is 5.91 Å². The predicted octanol–water partition coefficient (Wildman–Crippen LogP) is 2.32. The number of phenolic OH excluding ortho intramolecular Hbond substituents is 1. The third kappa shape index (κ3) is 2.73. The summed E-state index contributed by atoms with van der Waals surface area (Å²) in [7, 11) is 0. The summed E-state index contributed by atoms with van der Waals surface area (Å²) in [5, 5.41) is 12.0. The molecule has 100 valence electrons. The fraction of sp³-hybridized carbons (Fsp3) is 0.231. The summed E-state index contributed by atoms with van der Waals surface area (Å²) in [5.74, 6) is -0.980. The SMILES string of the molecule is Cc1cnc(C(C)NC(=O)c2c(O)cccc2F)o1. The lowest BCUT2D eigenvalue weighted by Crippen LogP contribution is -2.27. The number of aromatic hydroxyl groups is 1. The van der Waals surface area contributed by atoms with E-state index in [4.69, 9.17) is 4.42 Å². The number of carbonyl (C=O) groups is 1. The van der Waals surface area contributed by atoms with E-state index in [0.717, 1.165) is 6.07 Å². The molecule has 0 radical (unpaired) electrons. The molecule has 1 aromatic heterocycles. The summed E-state index contributed by atoms with van der Waals surface area (Å²) in [4.78, 5) is 15.9. The van der Waals surface area contributed by atoms with Crippen LogP contribution < -0.4 is 5.32 Å². The first-order valence-corrected chi connectivity index (χ1v) is 5.69. The van der Waals surface area contributed by atoms with Crippen molar-refractivity contribution in [1.29, 1.82) is 0 Å². The number of oxazole rings is 1. The molecule has 2 rings (SSSR count). The average Bonchev–Trinajstić information content (AvgIpc) is 2.75. The van der Waals surface area contributed by atoms with E-state index in [1.807, 2.05) is 0 Å². The van der Waals surface area contributed by atoms with Crippen molar-refractivity contribution in [2.45, 2.75) is 19.9 Å². The van der Waals surface area contributed by atoms with E-state index in [2.05, 4.69) is 10.3 Å². The summed E-state index contributed by atoms with van der Waals surface area (Å²) < 4.78 is 18.8. The van der Waals surface area contributed by atoms with Gasteiger partial charge in [-0.1, -0.05) is 6.07 Å². The Morgan fingerprint density at radius 2 is 2.26 bits per heavy atom. The molecule has 1 amide bonds. The number of benzene rings is 1. The van der Waals surface area contributed by atoms with Crippen LogP contribution in [0.3, 0.4) is 0 Å². The molecule has 0 aliphatic rings. The maximum Gasteiger partial charge on any atom is 0.258 e. The number of nitrogens with one attached hydrogen (secondary N) is 1. The van der Waals surface area contributed by atoms with Crippen LogP contribution in [0.5, 0.6) is 5.75 Å². The van der Waals surface area contributed by atoms with Crippen molar-refractivity contribution in [1.82, 2.24) is 10.3 Å². The average molecular weight is 264 g/mol. The number of carbonyl (C=O) groups excluding carboxylic acids is 1. The van der Waals surface area contributed by atoms with E-state index in [0.29, 0.717) is 11.7 Å². The largest absolute Gasteiger partial charge is 0.507 e. The number of aryl methyl sites for hydroxylation is 1. The predicted molar refractivity (Wildman–Crippen MR) is 65.2 cm³/mol. The van der Waals surface area contributed by atoms with Gasteiger partial charge in [0.15, 0.2) is 0 Å². The minimum atomic E-state index is -0.784. The van der Waals surface area contributed by atoms with Gasteiger partial charge in [-0.3, -0.25) is 4.79 Å². The molecule has 0 saturated heterocycles. The molecule has 2 N–H and O–H groups in total. The van der Waals surface area contributed by atoms with Gasteiger partial charge in [-0.2, -0.15) is 0 Å². The zero-order valence-electron chi connectivity index (χ0n) is 10.5. The molecule has 1 aromatic carbocycles. The lowest BCUT2D eigenvalue weighted by molar-refractivity contribution is 0.0927. The lowest BCUT2D eigenvalue weighted by atomic mass is 10.1. The number of halogens is 1. The molecule has 5 nitrogen and oxygen atoms in total. The van der Waals surface area contributed by atoms with Crippen LogP contribution in [0.15, 0.2) is 28.8 Å². The number of rotatable bonds is 3. The Labute approximate surface area is 109 Å². The first-order chi connectivity index (χ1) is 8.99. The summed E-state index contributed by atoms with van der Waals surface area (Å²) in [6.07, 6.45) is 1.53. The smallest absolute Gasteiger partial charge is 0.258 e. The molecule has 1 atom stereocenters. The third-order valence-corrected chi connectivity index (χ3v) is 2.58. The maximum absolute atomic E-state index is 13.5. The van der Waals surface area contributed by atoms with Crippen LogP contribution in [0.2, 0.25) is 0 Å². The van der Waals surface area contributed by atoms with E-state index in [9.17, 15) is 14.3 Å². The van der Waals surface area contributed by atoms with Gasteiger partial charge in [0.05, 0.1) is 6.20 Å². The minimum Gasteiger partial charge on any atom is -0.507 e. The molecule has 0 spiro atoms. The number of amides is 1. The van der Waals surface area contributed by atoms with Crippen LogP contribution in [-0.2, 0) is 0 Å². The molecule has 0 aliphatic heterocycles. The molecule has 2 aromatic rings. The van der Waals surface area contributed by atoms with E-state index < -0.39 is 29.1 Å². The van der Waals surface area contributed by atoms with Crippen molar-refractivity contribution in [2.75, 3.05) is 0 Å². The van der Waals surface area contributed by atoms with Crippen LogP contribution in [0.25, 0.3) is 0 Å². The molecule has 1 heterocycles. The molecule has 0 saturated carbocycles. The van der Waals surface area contributed by atoms with Gasteiger partial charge >= 0.3 is 0 Å². The number of hydrogen-bond donors (Lipinski definition) is 2. The second-order valence-corrected chi connectivity index (χ2v) is 4.14. The summed E-state index contributed by atoms with van der Waals surface area (Å²) in [6, 6.07) is 3.15. The molecular formula is C13H13FN2O3. The van der Waals surface area contributed by atoms with Gasteiger partial charge in [0.1, 0.15) is 28.9 Å². The fourth-order valence-corrected chi connectivity index (χ4v) is 1.64. The van der Waals surface area contributed by atoms with Gasteiger partial charge in [0, 0.05) is 0 Å². The Bertz CT molecular complexity index is 589. The highest BCUT2D eigenvalue weighted by Crippen LogP contribution is 2.21. The van der Waals surface area contributed by atoms with Crippen molar-refractivity contribution in [3.05, 3.63) is 47.4 Å². The highest BCUT2D eigenvalue weighted by Gasteiger charge is 2.20. The van der Waals surface area contributed by atoms with Gasteiger partial charge in [-0.05, 0) is 26.0 Å². The molecule has 6 heteroatoms.